The molecule has 1 aliphatic heterocycles. The fourth-order valence-electron chi connectivity index (χ4n) is 2.79. The van der Waals surface area contributed by atoms with E-state index in [9.17, 15) is 9.59 Å². The Kier molecular flexibility index (Phi) is 5.39. The number of rotatable bonds is 4. The van der Waals surface area contributed by atoms with Gasteiger partial charge in [0.1, 0.15) is 5.75 Å². The number of nitrogens with zero attached hydrogens (tertiary/aromatic N) is 1. The molecule has 1 heterocycles. The molecule has 0 bridgehead atoms. The highest BCUT2D eigenvalue weighted by Gasteiger charge is 2.23. The van der Waals surface area contributed by atoms with Crippen LogP contribution < -0.4 is 10.1 Å². The number of carbonyl (C=O) groups is 2. The summed E-state index contributed by atoms with van der Waals surface area (Å²) in [5, 5.41) is 2.67. The van der Waals surface area contributed by atoms with Gasteiger partial charge in [0.15, 0.2) is 5.70 Å². The van der Waals surface area contributed by atoms with Gasteiger partial charge in [-0.2, -0.15) is 0 Å². The number of ether oxygens (including phenoxy) is 2. The number of hydrogen-bond acceptors (Lipinski definition) is 5. The summed E-state index contributed by atoms with van der Waals surface area (Å²) < 4.78 is 10.5. The van der Waals surface area contributed by atoms with E-state index >= 15 is 0 Å². The summed E-state index contributed by atoms with van der Waals surface area (Å²) in [6.45, 7) is 1.97. The van der Waals surface area contributed by atoms with Crippen LogP contribution in [0.5, 0.6) is 5.75 Å². The van der Waals surface area contributed by atoms with Crippen LogP contribution in [0.4, 0.5) is 10.5 Å². The SMILES string of the molecule is Cc1ccc(NC(=O)Oc2ccc(/C=C3/N=C(c4ccccc4)OC3=O)cc2)cc1. The van der Waals surface area contributed by atoms with Gasteiger partial charge < -0.3 is 9.47 Å². The summed E-state index contributed by atoms with van der Waals surface area (Å²) in [6, 6.07) is 23.4. The number of aryl methyl sites for hydroxylation is 1. The lowest BCUT2D eigenvalue weighted by Gasteiger charge is -2.07. The Bertz CT molecular complexity index is 1130. The maximum absolute atomic E-state index is 12.1. The molecule has 0 saturated heterocycles. The van der Waals surface area contributed by atoms with E-state index < -0.39 is 12.1 Å². The van der Waals surface area contributed by atoms with Crippen molar-refractivity contribution in [2.45, 2.75) is 6.92 Å². The fourth-order valence-corrected chi connectivity index (χ4v) is 2.79. The first-order chi connectivity index (χ1) is 14.6. The van der Waals surface area contributed by atoms with Crippen molar-refractivity contribution in [1.29, 1.82) is 0 Å². The number of hydrogen-bond donors (Lipinski definition) is 1. The highest BCUT2D eigenvalue weighted by molar-refractivity contribution is 6.12. The van der Waals surface area contributed by atoms with Gasteiger partial charge in [0, 0.05) is 11.3 Å². The number of nitrogens with one attached hydrogen (secondary N) is 1. The van der Waals surface area contributed by atoms with E-state index in [1.807, 2.05) is 49.4 Å². The topological polar surface area (TPSA) is 77.0 Å². The summed E-state index contributed by atoms with van der Waals surface area (Å²) in [4.78, 5) is 28.4. The van der Waals surface area contributed by atoms with Crippen molar-refractivity contribution in [3.63, 3.8) is 0 Å². The average Bonchev–Trinajstić information content (AvgIpc) is 3.12. The summed E-state index contributed by atoms with van der Waals surface area (Å²) >= 11 is 0. The second-order valence-corrected chi connectivity index (χ2v) is 6.65. The molecule has 3 aromatic rings. The minimum atomic E-state index is -0.582. The third kappa shape index (κ3) is 4.62. The maximum atomic E-state index is 12.1. The normalized spacial score (nSPS) is 14.2. The van der Waals surface area contributed by atoms with E-state index in [-0.39, 0.29) is 11.6 Å². The molecule has 6 nitrogen and oxygen atoms in total. The zero-order chi connectivity index (χ0) is 20.9. The lowest BCUT2D eigenvalue weighted by Crippen LogP contribution is -2.16. The molecular weight excluding hydrogens is 380 g/mol. The van der Waals surface area contributed by atoms with Crippen LogP contribution in [-0.2, 0) is 9.53 Å². The standard InChI is InChI=1S/C24H18N2O4/c1-16-7-11-19(12-8-16)25-24(28)29-20-13-9-17(10-14-20)15-21-23(27)30-22(26-21)18-5-3-2-4-6-18/h2-15H,1H3,(H,25,28)/b21-15+. The van der Waals surface area contributed by atoms with Crippen LogP contribution in [0.2, 0.25) is 0 Å². The predicted molar refractivity (Wildman–Crippen MR) is 114 cm³/mol. The molecule has 3 aromatic carbocycles. The Morgan fingerprint density at radius 3 is 2.37 bits per heavy atom. The molecule has 30 heavy (non-hydrogen) atoms. The molecule has 0 atom stereocenters. The highest BCUT2D eigenvalue weighted by Crippen LogP contribution is 2.21. The molecular formula is C24H18N2O4. The summed E-state index contributed by atoms with van der Waals surface area (Å²) in [7, 11) is 0. The maximum Gasteiger partial charge on any atom is 0.417 e. The van der Waals surface area contributed by atoms with Gasteiger partial charge in [-0.3, -0.25) is 5.32 Å². The Morgan fingerprint density at radius 2 is 1.67 bits per heavy atom. The molecule has 4 rings (SSSR count). The molecule has 0 aliphatic carbocycles. The lowest BCUT2D eigenvalue weighted by atomic mass is 10.2. The quantitative estimate of drug-likeness (QED) is 0.498. The van der Waals surface area contributed by atoms with Gasteiger partial charge in [-0.05, 0) is 55.0 Å². The van der Waals surface area contributed by atoms with Crippen molar-refractivity contribution in [1.82, 2.24) is 0 Å². The number of carbonyl (C=O) groups excluding carboxylic acids is 2. The molecule has 1 N–H and O–H groups in total. The van der Waals surface area contributed by atoms with E-state index in [2.05, 4.69) is 10.3 Å². The second kappa shape index (κ2) is 8.45. The molecule has 0 saturated carbocycles. The van der Waals surface area contributed by atoms with Gasteiger partial charge in [-0.25, -0.2) is 14.6 Å². The van der Waals surface area contributed by atoms with Crippen LogP contribution in [0.15, 0.2) is 89.6 Å². The highest BCUT2D eigenvalue weighted by atomic mass is 16.6. The first-order valence-corrected chi connectivity index (χ1v) is 9.30. The largest absolute Gasteiger partial charge is 0.417 e. The number of amides is 1. The van der Waals surface area contributed by atoms with Crippen LogP contribution in [0.1, 0.15) is 16.7 Å². The van der Waals surface area contributed by atoms with Crippen LogP contribution in [-0.4, -0.2) is 18.0 Å². The van der Waals surface area contributed by atoms with Gasteiger partial charge in [-0.15, -0.1) is 0 Å². The summed E-state index contributed by atoms with van der Waals surface area (Å²) in [6.07, 6.45) is 1.04. The Morgan fingerprint density at radius 1 is 0.967 bits per heavy atom. The van der Waals surface area contributed by atoms with Gasteiger partial charge >= 0.3 is 12.1 Å². The van der Waals surface area contributed by atoms with Gasteiger partial charge in [0.05, 0.1) is 0 Å². The summed E-state index contributed by atoms with van der Waals surface area (Å²) in [5.74, 6) is 0.149. The van der Waals surface area contributed by atoms with Crippen molar-refractivity contribution in [2.75, 3.05) is 5.32 Å². The lowest BCUT2D eigenvalue weighted by molar-refractivity contribution is -0.129. The number of anilines is 1. The van der Waals surface area contributed by atoms with E-state index in [0.29, 0.717) is 11.4 Å². The number of benzene rings is 3. The minimum Gasteiger partial charge on any atom is -0.410 e. The van der Waals surface area contributed by atoms with Gasteiger partial charge in [-0.1, -0.05) is 48.0 Å². The smallest absolute Gasteiger partial charge is 0.410 e. The fraction of sp³-hybridized carbons (Fsp3) is 0.0417. The van der Waals surface area contributed by atoms with Crippen molar-refractivity contribution in [3.8, 4) is 5.75 Å². The molecule has 1 aliphatic rings. The third-order valence-corrected chi connectivity index (χ3v) is 4.33. The monoisotopic (exact) mass is 398 g/mol. The average molecular weight is 398 g/mol. The Balaban J connectivity index is 1.42. The first-order valence-electron chi connectivity index (χ1n) is 9.30. The van der Waals surface area contributed by atoms with Crippen molar-refractivity contribution in [2.24, 2.45) is 4.99 Å². The van der Waals surface area contributed by atoms with Crippen LogP contribution in [0.25, 0.3) is 6.08 Å². The van der Waals surface area contributed by atoms with E-state index in [1.165, 1.54) is 0 Å². The Hall–Kier alpha value is -4.19. The summed E-state index contributed by atoms with van der Waals surface area (Å²) in [5.41, 5.74) is 3.42. The van der Waals surface area contributed by atoms with Crippen molar-refractivity contribution < 1.29 is 19.1 Å². The van der Waals surface area contributed by atoms with E-state index in [1.54, 1.807) is 42.5 Å². The molecule has 0 fully saturated rings. The van der Waals surface area contributed by atoms with E-state index in [4.69, 9.17) is 9.47 Å². The molecule has 148 valence electrons. The first kappa shape index (κ1) is 19.1. The van der Waals surface area contributed by atoms with Crippen molar-refractivity contribution in [3.05, 3.63) is 101 Å². The molecule has 0 aromatic heterocycles. The molecule has 0 spiro atoms. The van der Waals surface area contributed by atoms with Gasteiger partial charge in [0.25, 0.3) is 0 Å². The van der Waals surface area contributed by atoms with Crippen LogP contribution in [0.3, 0.4) is 0 Å². The number of aliphatic imine (C=N–C) groups is 1. The second-order valence-electron chi connectivity index (χ2n) is 6.65. The molecule has 1 amide bonds. The van der Waals surface area contributed by atoms with Crippen LogP contribution in [0, 0.1) is 6.92 Å². The van der Waals surface area contributed by atoms with Gasteiger partial charge in [0.2, 0.25) is 5.90 Å². The predicted octanol–water partition coefficient (Wildman–Crippen LogP) is 4.95. The third-order valence-electron chi connectivity index (χ3n) is 4.33. The molecule has 0 unspecified atom stereocenters. The van der Waals surface area contributed by atoms with Crippen molar-refractivity contribution >= 4 is 29.7 Å². The van der Waals surface area contributed by atoms with Crippen LogP contribution >= 0.6 is 0 Å². The number of esters is 1. The minimum absolute atomic E-state index is 0.208. The van der Waals surface area contributed by atoms with E-state index in [0.717, 1.165) is 16.7 Å². The molecule has 0 radical (unpaired) electrons. The Labute approximate surface area is 173 Å². The molecule has 6 heteroatoms. The zero-order valence-corrected chi connectivity index (χ0v) is 16.2. The zero-order valence-electron chi connectivity index (χ0n) is 16.2. The number of cyclic esters (lactones) is 1.